The second-order valence-corrected chi connectivity index (χ2v) is 3.83. The van der Waals surface area contributed by atoms with Crippen LogP contribution < -0.4 is 5.32 Å². The molecule has 4 nitrogen and oxygen atoms in total. The lowest BCUT2D eigenvalue weighted by Gasteiger charge is -2.17. The summed E-state index contributed by atoms with van der Waals surface area (Å²) >= 11 is 0. The van der Waals surface area contributed by atoms with Crippen LogP contribution in [0.4, 0.5) is 0 Å². The van der Waals surface area contributed by atoms with E-state index < -0.39 is 0 Å². The van der Waals surface area contributed by atoms with Crippen molar-refractivity contribution in [1.29, 1.82) is 0 Å². The van der Waals surface area contributed by atoms with Gasteiger partial charge in [-0.05, 0) is 19.8 Å². The minimum absolute atomic E-state index is 0.149. The average molecular weight is 217 g/mol. The molecule has 15 heavy (non-hydrogen) atoms. The van der Waals surface area contributed by atoms with Crippen LogP contribution in [0.15, 0.2) is 0 Å². The van der Waals surface area contributed by atoms with Crippen LogP contribution in [0.5, 0.6) is 0 Å². The van der Waals surface area contributed by atoms with Gasteiger partial charge >= 0.3 is 0 Å². The number of ether oxygens (including phenoxy) is 3. The van der Waals surface area contributed by atoms with Crippen molar-refractivity contribution in [2.45, 2.75) is 31.9 Å². The summed E-state index contributed by atoms with van der Waals surface area (Å²) in [6.07, 6.45) is 2.76. The molecule has 0 radical (unpaired) electrons. The van der Waals surface area contributed by atoms with Gasteiger partial charge in [-0.2, -0.15) is 0 Å². The Morgan fingerprint density at radius 3 is 2.73 bits per heavy atom. The molecule has 90 valence electrons. The smallest absolute Gasteiger partial charge is 0.0933 e. The lowest BCUT2D eigenvalue weighted by Crippen LogP contribution is -2.34. The highest BCUT2D eigenvalue weighted by atomic mass is 16.5. The fraction of sp³-hybridized carbons (Fsp3) is 1.00. The third-order valence-electron chi connectivity index (χ3n) is 2.35. The van der Waals surface area contributed by atoms with Gasteiger partial charge < -0.3 is 19.5 Å². The zero-order chi connectivity index (χ0) is 10.9. The summed E-state index contributed by atoms with van der Waals surface area (Å²) in [4.78, 5) is 0. The normalized spacial score (nSPS) is 18.0. The van der Waals surface area contributed by atoms with E-state index in [1.807, 2.05) is 6.92 Å². The molecule has 0 saturated heterocycles. The molecule has 1 rings (SSSR count). The summed E-state index contributed by atoms with van der Waals surface area (Å²) in [7, 11) is 1.70. The molecule has 0 aromatic rings. The van der Waals surface area contributed by atoms with Gasteiger partial charge in [0, 0.05) is 26.3 Å². The van der Waals surface area contributed by atoms with Crippen molar-refractivity contribution in [2.24, 2.45) is 0 Å². The van der Waals surface area contributed by atoms with Gasteiger partial charge in [0.25, 0.3) is 0 Å². The van der Waals surface area contributed by atoms with Crippen LogP contribution in [0.25, 0.3) is 0 Å². The summed E-state index contributed by atoms with van der Waals surface area (Å²) in [5.74, 6) is 0. The van der Waals surface area contributed by atoms with Crippen molar-refractivity contribution in [3.05, 3.63) is 0 Å². The van der Waals surface area contributed by atoms with Crippen LogP contribution in [-0.2, 0) is 14.2 Å². The maximum atomic E-state index is 5.65. The van der Waals surface area contributed by atoms with Gasteiger partial charge in [0.2, 0.25) is 0 Å². The summed E-state index contributed by atoms with van der Waals surface area (Å²) in [5, 5.41) is 3.44. The molecule has 0 aliphatic heterocycles. The zero-order valence-electron chi connectivity index (χ0n) is 9.83. The van der Waals surface area contributed by atoms with Crippen LogP contribution in [0, 0.1) is 0 Å². The second kappa shape index (κ2) is 8.05. The van der Waals surface area contributed by atoms with Crippen molar-refractivity contribution >= 4 is 0 Å². The molecule has 1 N–H and O–H groups in total. The Kier molecular flexibility index (Phi) is 6.92. The third-order valence-corrected chi connectivity index (χ3v) is 2.35. The van der Waals surface area contributed by atoms with E-state index >= 15 is 0 Å². The minimum atomic E-state index is 0.149. The van der Waals surface area contributed by atoms with E-state index in [1.165, 1.54) is 12.8 Å². The standard InChI is InChI=1S/C11H23NO3/c1-3-14-6-7-15-11(9-13-2)8-12-10-4-5-10/h10-12H,3-9H2,1-2H3. The molecule has 0 spiro atoms. The Bertz CT molecular complexity index is 151. The summed E-state index contributed by atoms with van der Waals surface area (Å²) < 4.78 is 16.0. The van der Waals surface area contributed by atoms with Gasteiger partial charge in [-0.1, -0.05) is 0 Å². The Hall–Kier alpha value is -0.160. The fourth-order valence-corrected chi connectivity index (χ4v) is 1.36. The van der Waals surface area contributed by atoms with E-state index in [0.717, 1.165) is 19.2 Å². The van der Waals surface area contributed by atoms with Crippen LogP contribution >= 0.6 is 0 Å². The first-order chi connectivity index (χ1) is 7.36. The van der Waals surface area contributed by atoms with Crippen molar-refractivity contribution in [3.8, 4) is 0 Å². The largest absolute Gasteiger partial charge is 0.382 e. The molecule has 1 atom stereocenters. The molecule has 1 fully saturated rings. The molecular weight excluding hydrogens is 194 g/mol. The maximum Gasteiger partial charge on any atom is 0.0933 e. The van der Waals surface area contributed by atoms with Crippen molar-refractivity contribution < 1.29 is 14.2 Å². The lowest BCUT2D eigenvalue weighted by molar-refractivity contribution is -0.0259. The van der Waals surface area contributed by atoms with Crippen LogP contribution in [0.3, 0.4) is 0 Å². The molecule has 0 aromatic heterocycles. The highest BCUT2D eigenvalue weighted by Gasteiger charge is 2.21. The second-order valence-electron chi connectivity index (χ2n) is 3.83. The topological polar surface area (TPSA) is 39.7 Å². The average Bonchev–Trinajstić information content (AvgIpc) is 3.04. The van der Waals surface area contributed by atoms with E-state index in [1.54, 1.807) is 7.11 Å². The van der Waals surface area contributed by atoms with Crippen molar-refractivity contribution in [1.82, 2.24) is 5.32 Å². The number of hydrogen-bond acceptors (Lipinski definition) is 4. The first-order valence-corrected chi connectivity index (χ1v) is 5.78. The van der Waals surface area contributed by atoms with E-state index in [2.05, 4.69) is 5.32 Å². The van der Waals surface area contributed by atoms with E-state index in [4.69, 9.17) is 14.2 Å². The Balaban J connectivity index is 1.99. The van der Waals surface area contributed by atoms with Gasteiger partial charge in [0.1, 0.15) is 0 Å². The highest BCUT2D eigenvalue weighted by Crippen LogP contribution is 2.18. The molecule has 0 aromatic carbocycles. The molecular formula is C11H23NO3. The van der Waals surface area contributed by atoms with Gasteiger partial charge in [-0.15, -0.1) is 0 Å². The lowest BCUT2D eigenvalue weighted by atomic mass is 10.3. The Morgan fingerprint density at radius 1 is 1.33 bits per heavy atom. The third kappa shape index (κ3) is 6.84. The van der Waals surface area contributed by atoms with Gasteiger partial charge in [-0.25, -0.2) is 0 Å². The fourth-order valence-electron chi connectivity index (χ4n) is 1.36. The summed E-state index contributed by atoms with van der Waals surface area (Å²) in [6, 6.07) is 0.722. The molecule has 1 unspecified atom stereocenters. The van der Waals surface area contributed by atoms with Crippen LogP contribution in [0.1, 0.15) is 19.8 Å². The van der Waals surface area contributed by atoms with E-state index in [0.29, 0.717) is 19.8 Å². The first-order valence-electron chi connectivity index (χ1n) is 5.78. The Morgan fingerprint density at radius 2 is 2.13 bits per heavy atom. The minimum Gasteiger partial charge on any atom is -0.382 e. The predicted octanol–water partition coefficient (Wildman–Crippen LogP) is 0.806. The number of hydrogen-bond donors (Lipinski definition) is 1. The van der Waals surface area contributed by atoms with Gasteiger partial charge in [0.05, 0.1) is 25.9 Å². The van der Waals surface area contributed by atoms with E-state index in [-0.39, 0.29) is 6.10 Å². The molecule has 1 saturated carbocycles. The van der Waals surface area contributed by atoms with E-state index in [9.17, 15) is 0 Å². The molecule has 0 amide bonds. The monoisotopic (exact) mass is 217 g/mol. The molecule has 4 heteroatoms. The van der Waals surface area contributed by atoms with Gasteiger partial charge in [0.15, 0.2) is 0 Å². The maximum absolute atomic E-state index is 5.65. The zero-order valence-corrected chi connectivity index (χ0v) is 9.83. The van der Waals surface area contributed by atoms with Crippen molar-refractivity contribution in [2.75, 3.05) is 40.1 Å². The number of nitrogens with one attached hydrogen (secondary N) is 1. The molecule has 1 aliphatic carbocycles. The molecule has 1 aliphatic rings. The number of rotatable bonds is 10. The van der Waals surface area contributed by atoms with Crippen molar-refractivity contribution in [3.63, 3.8) is 0 Å². The SMILES string of the molecule is CCOCCOC(CNC1CC1)COC. The van der Waals surface area contributed by atoms with Crippen LogP contribution in [-0.4, -0.2) is 52.2 Å². The number of methoxy groups -OCH3 is 1. The molecule has 0 bridgehead atoms. The predicted molar refractivity (Wildman–Crippen MR) is 59.1 cm³/mol. The summed E-state index contributed by atoms with van der Waals surface area (Å²) in [6.45, 7) is 5.57. The highest BCUT2D eigenvalue weighted by molar-refractivity contribution is 4.82. The Labute approximate surface area is 92.3 Å². The summed E-state index contributed by atoms with van der Waals surface area (Å²) in [5.41, 5.74) is 0. The van der Waals surface area contributed by atoms with Gasteiger partial charge in [-0.3, -0.25) is 0 Å². The first kappa shape index (κ1) is 12.9. The quantitative estimate of drug-likeness (QED) is 0.550. The van der Waals surface area contributed by atoms with Crippen LogP contribution in [0.2, 0.25) is 0 Å². The molecule has 0 heterocycles.